The van der Waals surface area contributed by atoms with Crippen molar-refractivity contribution < 1.29 is 14.3 Å². The van der Waals surface area contributed by atoms with Crippen molar-refractivity contribution in [2.24, 2.45) is 0 Å². The first kappa shape index (κ1) is 17.2. The minimum atomic E-state index is -0.381. The van der Waals surface area contributed by atoms with Gasteiger partial charge in [-0.05, 0) is 36.2 Å². The van der Waals surface area contributed by atoms with Crippen molar-refractivity contribution in [2.45, 2.75) is 31.6 Å². The number of esters is 1. The molecular weight excluding hydrogens is 366 g/mol. The highest BCUT2D eigenvalue weighted by molar-refractivity contribution is 7.10. The molecule has 0 saturated heterocycles. The fourth-order valence-electron chi connectivity index (χ4n) is 3.88. The van der Waals surface area contributed by atoms with Crippen LogP contribution in [-0.4, -0.2) is 18.9 Å². The molecule has 6 heteroatoms. The van der Waals surface area contributed by atoms with Crippen molar-refractivity contribution in [1.82, 2.24) is 5.32 Å². The van der Waals surface area contributed by atoms with Crippen molar-refractivity contribution in [3.63, 3.8) is 0 Å². The molecule has 2 aliphatic rings. The molecule has 4 nitrogen and oxygen atoms in total. The highest BCUT2D eigenvalue weighted by atomic mass is 32.1. The predicted octanol–water partition coefficient (Wildman–Crippen LogP) is 4.34. The summed E-state index contributed by atoms with van der Waals surface area (Å²) in [6.07, 6.45) is 1.27. The van der Waals surface area contributed by atoms with E-state index in [1.807, 2.05) is 35.9 Å². The van der Waals surface area contributed by atoms with E-state index < -0.39 is 0 Å². The first-order valence-corrected chi connectivity index (χ1v) is 10.2. The van der Waals surface area contributed by atoms with Gasteiger partial charge in [0.15, 0.2) is 5.78 Å². The Balaban J connectivity index is 1.80. The molecule has 0 amide bonds. The van der Waals surface area contributed by atoms with Crippen molar-refractivity contribution in [1.29, 1.82) is 0 Å². The molecular formula is C20H19NO3S2. The molecule has 0 saturated carbocycles. The van der Waals surface area contributed by atoms with Crippen molar-refractivity contribution in [2.75, 3.05) is 7.11 Å². The molecule has 2 aromatic heterocycles. The average Bonchev–Trinajstić information content (AvgIpc) is 3.33. The maximum Gasteiger partial charge on any atom is 0.336 e. The van der Waals surface area contributed by atoms with Crippen LogP contribution in [0.3, 0.4) is 0 Å². The number of rotatable bonds is 3. The van der Waals surface area contributed by atoms with Crippen LogP contribution in [0.1, 0.15) is 41.4 Å². The Kier molecular flexibility index (Phi) is 4.54. The van der Waals surface area contributed by atoms with E-state index in [9.17, 15) is 9.59 Å². The van der Waals surface area contributed by atoms with E-state index in [1.165, 1.54) is 12.0 Å². The maximum atomic E-state index is 13.1. The molecule has 4 rings (SSSR count). The van der Waals surface area contributed by atoms with Crippen LogP contribution in [0.2, 0.25) is 0 Å². The maximum absolute atomic E-state index is 13.1. The summed E-state index contributed by atoms with van der Waals surface area (Å²) in [5.74, 6) is -0.404. The van der Waals surface area contributed by atoms with Gasteiger partial charge in [0.1, 0.15) is 0 Å². The molecule has 134 valence electrons. The summed E-state index contributed by atoms with van der Waals surface area (Å²) in [5, 5.41) is 7.37. The summed E-state index contributed by atoms with van der Waals surface area (Å²) in [5.41, 5.74) is 2.99. The van der Waals surface area contributed by atoms with E-state index in [2.05, 4.69) is 11.4 Å². The van der Waals surface area contributed by atoms with Crippen LogP contribution in [0.5, 0.6) is 0 Å². The highest BCUT2D eigenvalue weighted by Gasteiger charge is 2.41. The van der Waals surface area contributed by atoms with Crippen molar-refractivity contribution in [3.8, 4) is 0 Å². The van der Waals surface area contributed by atoms with Gasteiger partial charge in [-0.15, -0.1) is 22.7 Å². The van der Waals surface area contributed by atoms with Gasteiger partial charge in [-0.2, -0.15) is 0 Å². The molecule has 1 N–H and O–H groups in total. The van der Waals surface area contributed by atoms with Crippen LogP contribution in [0.25, 0.3) is 0 Å². The Morgan fingerprint density at radius 2 is 1.85 bits per heavy atom. The minimum absolute atomic E-state index is 0.115. The number of thiophene rings is 2. The van der Waals surface area contributed by atoms with Crippen LogP contribution >= 0.6 is 22.7 Å². The number of nitrogens with one attached hydrogen (secondary N) is 1. The first-order chi connectivity index (χ1) is 12.6. The number of hydrogen-bond acceptors (Lipinski definition) is 6. The normalized spacial score (nSPS) is 22.9. The zero-order valence-electron chi connectivity index (χ0n) is 14.6. The molecule has 3 heterocycles. The Morgan fingerprint density at radius 3 is 2.46 bits per heavy atom. The Hall–Kier alpha value is -2.18. The van der Waals surface area contributed by atoms with Crippen LogP contribution in [-0.2, 0) is 14.3 Å². The Labute approximate surface area is 160 Å². The number of ether oxygens (including phenoxy) is 1. The zero-order chi connectivity index (χ0) is 18.3. The smallest absolute Gasteiger partial charge is 0.336 e. The molecule has 0 spiro atoms. The van der Waals surface area contributed by atoms with E-state index in [4.69, 9.17) is 4.74 Å². The van der Waals surface area contributed by atoms with Gasteiger partial charge in [-0.3, -0.25) is 4.79 Å². The van der Waals surface area contributed by atoms with Crippen LogP contribution < -0.4 is 5.32 Å². The molecule has 1 aliphatic carbocycles. The lowest BCUT2D eigenvalue weighted by Gasteiger charge is -2.35. The number of hydrogen-bond donors (Lipinski definition) is 1. The molecule has 0 bridgehead atoms. The number of allylic oxidation sites excluding steroid dienone is 3. The minimum Gasteiger partial charge on any atom is -0.466 e. The molecule has 2 aromatic rings. The molecule has 0 fully saturated rings. The largest absolute Gasteiger partial charge is 0.466 e. The second-order valence-corrected chi connectivity index (χ2v) is 8.50. The van der Waals surface area contributed by atoms with E-state index >= 15 is 0 Å². The number of carbonyl (C=O) groups excluding carboxylic acids is 2. The summed E-state index contributed by atoms with van der Waals surface area (Å²) in [7, 11) is 1.38. The standard InChI is InChI=1S/C20H19NO3S2/c1-11-17(20(23)24-2)19(16-6-4-8-26-16)18-13(21-11)9-12(10-14(18)22)15-5-3-7-25-15/h3-8,12,19,21H,9-10H2,1-2H3/t12-,19-/m0/s1. The van der Waals surface area contributed by atoms with Crippen molar-refractivity contribution in [3.05, 3.63) is 67.3 Å². The Bertz CT molecular complexity index is 907. The number of dihydropyridines is 1. The van der Waals surface area contributed by atoms with Crippen molar-refractivity contribution >= 4 is 34.4 Å². The van der Waals surface area contributed by atoms with Gasteiger partial charge in [0, 0.05) is 39.1 Å². The highest BCUT2D eigenvalue weighted by Crippen LogP contribution is 2.47. The van der Waals surface area contributed by atoms with Crippen LogP contribution in [0, 0.1) is 0 Å². The summed E-state index contributed by atoms with van der Waals surface area (Å²) in [6, 6.07) is 8.06. The van der Waals surface area contributed by atoms with Gasteiger partial charge in [0.2, 0.25) is 0 Å². The summed E-state index contributed by atoms with van der Waals surface area (Å²) < 4.78 is 5.02. The monoisotopic (exact) mass is 385 g/mol. The van der Waals surface area contributed by atoms with Gasteiger partial charge in [-0.25, -0.2) is 4.79 Å². The Morgan fingerprint density at radius 1 is 1.15 bits per heavy atom. The van der Waals surface area contributed by atoms with Gasteiger partial charge < -0.3 is 10.1 Å². The molecule has 0 aromatic carbocycles. The van der Waals surface area contributed by atoms with Crippen LogP contribution in [0.4, 0.5) is 0 Å². The third-order valence-electron chi connectivity index (χ3n) is 5.01. The first-order valence-electron chi connectivity index (χ1n) is 8.49. The second kappa shape index (κ2) is 6.85. The average molecular weight is 386 g/mol. The van der Waals surface area contributed by atoms with Gasteiger partial charge in [0.05, 0.1) is 18.6 Å². The van der Waals surface area contributed by atoms with E-state index in [0.29, 0.717) is 12.0 Å². The quantitative estimate of drug-likeness (QED) is 0.799. The van der Waals surface area contributed by atoms with Crippen LogP contribution in [0.15, 0.2) is 57.6 Å². The SMILES string of the molecule is COC(=O)C1=C(C)NC2=C(C(=O)C[C@@H](c3cccs3)C2)[C@H]1c1cccs1. The lowest BCUT2D eigenvalue weighted by Crippen LogP contribution is -2.35. The fourth-order valence-corrected chi connectivity index (χ4v) is 5.56. The topological polar surface area (TPSA) is 55.4 Å². The number of ketones is 1. The predicted molar refractivity (Wildman–Crippen MR) is 103 cm³/mol. The lowest BCUT2D eigenvalue weighted by molar-refractivity contribution is -0.136. The third-order valence-corrected chi connectivity index (χ3v) is 6.98. The second-order valence-electron chi connectivity index (χ2n) is 6.54. The molecule has 0 radical (unpaired) electrons. The third kappa shape index (κ3) is 2.83. The fraction of sp³-hybridized carbons (Fsp3) is 0.300. The van der Waals surface area contributed by atoms with Gasteiger partial charge in [-0.1, -0.05) is 12.1 Å². The van der Waals surface area contributed by atoms with Gasteiger partial charge >= 0.3 is 5.97 Å². The van der Waals surface area contributed by atoms with E-state index in [1.54, 1.807) is 22.7 Å². The molecule has 2 atom stereocenters. The lowest BCUT2D eigenvalue weighted by atomic mass is 9.74. The van der Waals surface area contributed by atoms with E-state index in [-0.39, 0.29) is 23.6 Å². The summed E-state index contributed by atoms with van der Waals surface area (Å²) in [4.78, 5) is 27.8. The van der Waals surface area contributed by atoms with Gasteiger partial charge in [0.25, 0.3) is 0 Å². The zero-order valence-corrected chi connectivity index (χ0v) is 16.2. The molecule has 26 heavy (non-hydrogen) atoms. The molecule has 1 aliphatic heterocycles. The number of methoxy groups -OCH3 is 1. The summed E-state index contributed by atoms with van der Waals surface area (Å²) in [6.45, 7) is 1.88. The summed E-state index contributed by atoms with van der Waals surface area (Å²) >= 11 is 3.26. The number of Topliss-reactive ketones (excluding diaryl/α,β-unsaturated/α-hetero) is 1. The molecule has 0 unspecified atom stereocenters. The number of carbonyl (C=O) groups is 2. The van der Waals surface area contributed by atoms with E-state index in [0.717, 1.165) is 28.3 Å².